The number of ether oxygens (including phenoxy) is 1. The van der Waals surface area contributed by atoms with Gasteiger partial charge in [0.1, 0.15) is 5.82 Å². The van der Waals surface area contributed by atoms with Crippen molar-refractivity contribution in [3.63, 3.8) is 0 Å². The van der Waals surface area contributed by atoms with Gasteiger partial charge in [-0.15, -0.1) is 0 Å². The molecule has 0 bridgehead atoms. The quantitative estimate of drug-likeness (QED) is 0.747. The van der Waals surface area contributed by atoms with Gasteiger partial charge < -0.3 is 9.72 Å². The maximum absolute atomic E-state index is 5.75. The highest BCUT2D eigenvalue weighted by Crippen LogP contribution is 2.23. The maximum atomic E-state index is 5.75. The maximum Gasteiger partial charge on any atom is 0.251 e. The molecule has 4 heteroatoms. The van der Waals surface area contributed by atoms with Crippen LogP contribution in [0.3, 0.4) is 0 Å². The molecule has 0 aliphatic carbocycles. The van der Waals surface area contributed by atoms with Gasteiger partial charge in [0.15, 0.2) is 5.15 Å². The SMILES string of the molecule is COc1nc(C(C)C)[nH]c1Cl. The Kier molecular flexibility index (Phi) is 2.39. The van der Waals surface area contributed by atoms with Crippen LogP contribution in [0.25, 0.3) is 0 Å². The molecule has 1 aromatic heterocycles. The molecule has 0 unspecified atom stereocenters. The first kappa shape index (κ1) is 8.40. The van der Waals surface area contributed by atoms with Gasteiger partial charge in [0.05, 0.1) is 7.11 Å². The van der Waals surface area contributed by atoms with Crippen LogP contribution in [0.5, 0.6) is 5.88 Å². The molecular weight excluding hydrogens is 164 g/mol. The minimum absolute atomic E-state index is 0.344. The number of nitrogens with zero attached hydrogens (tertiary/aromatic N) is 1. The summed E-state index contributed by atoms with van der Waals surface area (Å²) < 4.78 is 4.90. The van der Waals surface area contributed by atoms with Gasteiger partial charge in [-0.3, -0.25) is 0 Å². The summed E-state index contributed by atoms with van der Waals surface area (Å²) in [5.41, 5.74) is 0. The zero-order valence-electron chi connectivity index (χ0n) is 6.81. The molecule has 1 N–H and O–H groups in total. The van der Waals surface area contributed by atoms with E-state index in [9.17, 15) is 0 Å². The predicted molar refractivity (Wildman–Crippen MR) is 44.2 cm³/mol. The first-order valence-electron chi connectivity index (χ1n) is 3.44. The lowest BCUT2D eigenvalue weighted by Gasteiger charge is -1.95. The van der Waals surface area contributed by atoms with E-state index < -0.39 is 0 Å². The number of hydrogen-bond donors (Lipinski definition) is 1. The molecule has 11 heavy (non-hydrogen) atoms. The number of H-pyrrole nitrogens is 1. The van der Waals surface area contributed by atoms with E-state index in [1.165, 1.54) is 0 Å². The Labute approximate surface area is 70.7 Å². The number of aromatic nitrogens is 2. The fourth-order valence-electron chi connectivity index (χ4n) is 0.761. The Hall–Kier alpha value is -0.700. The number of aromatic amines is 1. The monoisotopic (exact) mass is 174 g/mol. The van der Waals surface area contributed by atoms with Crippen molar-refractivity contribution in [2.45, 2.75) is 19.8 Å². The van der Waals surface area contributed by atoms with Gasteiger partial charge in [0, 0.05) is 5.92 Å². The lowest BCUT2D eigenvalue weighted by atomic mass is 10.2. The van der Waals surface area contributed by atoms with Gasteiger partial charge in [-0.2, -0.15) is 4.98 Å². The van der Waals surface area contributed by atoms with Crippen molar-refractivity contribution < 1.29 is 4.74 Å². The van der Waals surface area contributed by atoms with Crippen molar-refractivity contribution in [1.29, 1.82) is 0 Å². The molecule has 0 aliphatic rings. The topological polar surface area (TPSA) is 37.9 Å². The van der Waals surface area contributed by atoms with Crippen LogP contribution in [-0.2, 0) is 0 Å². The van der Waals surface area contributed by atoms with Gasteiger partial charge >= 0.3 is 0 Å². The van der Waals surface area contributed by atoms with Gasteiger partial charge in [-0.1, -0.05) is 25.4 Å². The van der Waals surface area contributed by atoms with Crippen LogP contribution in [0.2, 0.25) is 5.15 Å². The second kappa shape index (κ2) is 3.13. The Morgan fingerprint density at radius 3 is 2.45 bits per heavy atom. The molecule has 0 aliphatic heterocycles. The highest BCUT2D eigenvalue weighted by Gasteiger charge is 2.09. The second-order valence-corrected chi connectivity index (χ2v) is 2.98. The molecule has 1 aromatic rings. The van der Waals surface area contributed by atoms with Crippen molar-refractivity contribution in [2.24, 2.45) is 0 Å². The van der Waals surface area contributed by atoms with Crippen LogP contribution in [0.15, 0.2) is 0 Å². The van der Waals surface area contributed by atoms with Crippen molar-refractivity contribution >= 4 is 11.6 Å². The predicted octanol–water partition coefficient (Wildman–Crippen LogP) is 2.20. The number of rotatable bonds is 2. The van der Waals surface area contributed by atoms with Crippen LogP contribution in [0.4, 0.5) is 0 Å². The number of hydrogen-bond acceptors (Lipinski definition) is 2. The summed E-state index contributed by atoms with van der Waals surface area (Å²) in [5.74, 6) is 1.67. The normalized spacial score (nSPS) is 10.6. The summed E-state index contributed by atoms with van der Waals surface area (Å²) in [7, 11) is 1.55. The molecule has 0 amide bonds. The highest BCUT2D eigenvalue weighted by atomic mass is 35.5. The molecule has 1 rings (SSSR count). The van der Waals surface area contributed by atoms with Crippen LogP contribution in [-0.4, -0.2) is 17.1 Å². The standard InChI is InChI=1S/C7H11ClN2O/c1-4(2)6-9-5(8)7(10-6)11-3/h4H,1-3H3,(H,9,10). The molecule has 0 saturated heterocycles. The van der Waals surface area contributed by atoms with E-state index in [1.54, 1.807) is 7.11 Å². The summed E-state index contributed by atoms with van der Waals surface area (Å²) >= 11 is 5.75. The van der Waals surface area contributed by atoms with E-state index >= 15 is 0 Å². The van der Waals surface area contributed by atoms with Crippen molar-refractivity contribution in [3.8, 4) is 5.88 Å². The summed E-state index contributed by atoms with van der Waals surface area (Å²) in [6, 6.07) is 0. The molecule has 1 heterocycles. The van der Waals surface area contributed by atoms with E-state index in [0.717, 1.165) is 5.82 Å². The molecule has 3 nitrogen and oxygen atoms in total. The van der Waals surface area contributed by atoms with Crippen LogP contribution < -0.4 is 4.74 Å². The summed E-state index contributed by atoms with van der Waals surface area (Å²) in [6.07, 6.45) is 0. The zero-order valence-corrected chi connectivity index (χ0v) is 7.57. The van der Waals surface area contributed by atoms with E-state index in [4.69, 9.17) is 16.3 Å². The lowest BCUT2D eigenvalue weighted by Crippen LogP contribution is -1.89. The summed E-state index contributed by atoms with van der Waals surface area (Å²) in [6.45, 7) is 4.07. The third kappa shape index (κ3) is 1.66. The number of methoxy groups -OCH3 is 1. The molecule has 0 fully saturated rings. The third-order valence-electron chi connectivity index (χ3n) is 1.39. The molecule has 0 radical (unpaired) electrons. The molecule has 0 atom stereocenters. The first-order valence-corrected chi connectivity index (χ1v) is 3.82. The van der Waals surface area contributed by atoms with Crippen molar-refractivity contribution in [1.82, 2.24) is 9.97 Å². The summed E-state index contributed by atoms with van der Waals surface area (Å²) in [5, 5.41) is 0.469. The van der Waals surface area contributed by atoms with Gasteiger partial charge in [0.25, 0.3) is 5.88 Å². The van der Waals surface area contributed by atoms with E-state index in [1.807, 2.05) is 13.8 Å². The third-order valence-corrected chi connectivity index (χ3v) is 1.64. The number of nitrogens with one attached hydrogen (secondary N) is 1. The Bertz CT molecular complexity index is 245. The Morgan fingerprint density at radius 2 is 2.18 bits per heavy atom. The Balaban J connectivity index is 2.95. The number of halogens is 1. The fourth-order valence-corrected chi connectivity index (χ4v) is 0.977. The molecule has 0 saturated carbocycles. The van der Waals surface area contributed by atoms with Gasteiger partial charge in [0.2, 0.25) is 0 Å². The van der Waals surface area contributed by atoms with Crippen molar-refractivity contribution in [2.75, 3.05) is 7.11 Å². The number of imidazole rings is 1. The highest BCUT2D eigenvalue weighted by molar-refractivity contribution is 6.30. The Morgan fingerprint density at radius 1 is 1.55 bits per heavy atom. The molecule has 62 valence electrons. The van der Waals surface area contributed by atoms with E-state index in [0.29, 0.717) is 17.0 Å². The molecule has 0 aromatic carbocycles. The van der Waals surface area contributed by atoms with Crippen LogP contribution >= 0.6 is 11.6 Å². The van der Waals surface area contributed by atoms with Gasteiger partial charge in [-0.25, -0.2) is 0 Å². The minimum Gasteiger partial charge on any atom is -0.479 e. The average Bonchev–Trinajstić information content (AvgIpc) is 2.31. The smallest absolute Gasteiger partial charge is 0.251 e. The molecule has 0 spiro atoms. The van der Waals surface area contributed by atoms with E-state index in [-0.39, 0.29) is 0 Å². The fraction of sp³-hybridized carbons (Fsp3) is 0.571. The van der Waals surface area contributed by atoms with Crippen molar-refractivity contribution in [3.05, 3.63) is 11.0 Å². The first-order chi connectivity index (χ1) is 5.15. The second-order valence-electron chi connectivity index (χ2n) is 2.60. The van der Waals surface area contributed by atoms with Crippen LogP contribution in [0.1, 0.15) is 25.6 Å². The lowest BCUT2D eigenvalue weighted by molar-refractivity contribution is 0.399. The zero-order chi connectivity index (χ0) is 8.43. The van der Waals surface area contributed by atoms with Crippen LogP contribution in [0, 0.1) is 0 Å². The largest absolute Gasteiger partial charge is 0.479 e. The minimum atomic E-state index is 0.344. The molecular formula is C7H11ClN2O. The average molecular weight is 175 g/mol. The summed E-state index contributed by atoms with van der Waals surface area (Å²) in [4.78, 5) is 7.04. The van der Waals surface area contributed by atoms with Gasteiger partial charge in [-0.05, 0) is 0 Å². The van der Waals surface area contributed by atoms with E-state index in [2.05, 4.69) is 9.97 Å².